The molecule has 3 heteroatoms. The summed E-state index contributed by atoms with van der Waals surface area (Å²) in [6, 6.07) is 1.27. The molecule has 0 saturated carbocycles. The van der Waals surface area contributed by atoms with Crippen molar-refractivity contribution in [3.8, 4) is 0 Å². The Labute approximate surface area is 86.8 Å². The highest BCUT2D eigenvalue weighted by Crippen LogP contribution is 2.27. The summed E-state index contributed by atoms with van der Waals surface area (Å²) in [6.45, 7) is 8.70. The van der Waals surface area contributed by atoms with E-state index in [1.54, 1.807) is 0 Å². The number of piperidine rings is 1. The third-order valence-electron chi connectivity index (χ3n) is 3.30. The van der Waals surface area contributed by atoms with E-state index < -0.39 is 0 Å². The number of nitrogens with one attached hydrogen (secondary N) is 1. The SMILES string of the molecule is CC(C)NC1C2COCC1CN(C)C2. The molecule has 1 N–H and O–H groups in total. The van der Waals surface area contributed by atoms with Crippen LogP contribution in [0.25, 0.3) is 0 Å². The normalized spacial score (nSPS) is 39.0. The van der Waals surface area contributed by atoms with Crippen LogP contribution in [-0.4, -0.2) is 50.3 Å². The average molecular weight is 198 g/mol. The maximum Gasteiger partial charge on any atom is 0.0521 e. The van der Waals surface area contributed by atoms with Gasteiger partial charge in [0.1, 0.15) is 0 Å². The van der Waals surface area contributed by atoms with Crippen LogP contribution in [0.5, 0.6) is 0 Å². The van der Waals surface area contributed by atoms with E-state index >= 15 is 0 Å². The first kappa shape index (κ1) is 10.4. The number of hydrogen-bond acceptors (Lipinski definition) is 3. The second-order valence-corrected chi connectivity index (χ2v) is 5.13. The van der Waals surface area contributed by atoms with Crippen molar-refractivity contribution < 1.29 is 4.74 Å². The Morgan fingerprint density at radius 3 is 2.29 bits per heavy atom. The predicted octanol–water partition coefficient (Wildman–Crippen LogP) is 0.561. The minimum atomic E-state index is 0.589. The third-order valence-corrected chi connectivity index (χ3v) is 3.30. The molecule has 0 amide bonds. The summed E-state index contributed by atoms with van der Waals surface area (Å²) in [5.41, 5.74) is 0. The molecule has 0 aromatic rings. The van der Waals surface area contributed by atoms with Gasteiger partial charge in [-0.15, -0.1) is 0 Å². The Morgan fingerprint density at radius 1 is 1.21 bits per heavy atom. The number of nitrogens with zero attached hydrogens (tertiary/aromatic N) is 1. The molecule has 2 heterocycles. The summed E-state index contributed by atoms with van der Waals surface area (Å²) in [4.78, 5) is 2.44. The first-order valence-corrected chi connectivity index (χ1v) is 5.69. The van der Waals surface area contributed by atoms with Gasteiger partial charge in [0.25, 0.3) is 0 Å². The lowest BCUT2D eigenvalue weighted by molar-refractivity contribution is -0.0603. The Kier molecular flexibility index (Phi) is 3.10. The van der Waals surface area contributed by atoms with E-state index in [2.05, 4.69) is 31.1 Å². The molecule has 2 fully saturated rings. The summed E-state index contributed by atoms with van der Waals surface area (Å²) in [7, 11) is 2.22. The highest BCUT2D eigenvalue weighted by Gasteiger charge is 2.39. The lowest BCUT2D eigenvalue weighted by atomic mass is 9.82. The first-order chi connectivity index (χ1) is 6.66. The van der Waals surface area contributed by atoms with Crippen LogP contribution in [0.15, 0.2) is 0 Å². The monoisotopic (exact) mass is 198 g/mol. The molecular weight excluding hydrogens is 176 g/mol. The second-order valence-electron chi connectivity index (χ2n) is 5.13. The number of ether oxygens (including phenoxy) is 1. The number of likely N-dealkylation sites (tertiary alicyclic amines) is 1. The van der Waals surface area contributed by atoms with Crippen molar-refractivity contribution in [2.45, 2.75) is 25.9 Å². The largest absolute Gasteiger partial charge is 0.381 e. The van der Waals surface area contributed by atoms with E-state index in [0.717, 1.165) is 13.2 Å². The summed E-state index contributed by atoms with van der Waals surface area (Å²) >= 11 is 0. The molecule has 0 aromatic heterocycles. The molecule has 82 valence electrons. The quantitative estimate of drug-likeness (QED) is 0.702. The molecule has 0 aliphatic carbocycles. The first-order valence-electron chi connectivity index (χ1n) is 5.69. The van der Waals surface area contributed by atoms with Crippen molar-refractivity contribution in [2.24, 2.45) is 11.8 Å². The van der Waals surface area contributed by atoms with Gasteiger partial charge in [-0.05, 0) is 7.05 Å². The fourth-order valence-electron chi connectivity index (χ4n) is 2.83. The van der Waals surface area contributed by atoms with Crippen molar-refractivity contribution in [2.75, 3.05) is 33.4 Å². The van der Waals surface area contributed by atoms with Gasteiger partial charge in [-0.2, -0.15) is 0 Å². The average Bonchev–Trinajstić information content (AvgIpc) is 2.05. The van der Waals surface area contributed by atoms with Crippen molar-refractivity contribution in [1.29, 1.82) is 0 Å². The Morgan fingerprint density at radius 2 is 1.79 bits per heavy atom. The van der Waals surface area contributed by atoms with Crippen LogP contribution in [-0.2, 0) is 4.74 Å². The van der Waals surface area contributed by atoms with E-state index in [1.807, 2.05) is 0 Å². The number of rotatable bonds is 2. The van der Waals surface area contributed by atoms with Gasteiger partial charge in [-0.3, -0.25) is 0 Å². The van der Waals surface area contributed by atoms with E-state index in [-0.39, 0.29) is 0 Å². The standard InChI is InChI=1S/C11H22N2O/c1-8(2)12-11-9-4-13(3)5-10(11)7-14-6-9/h8-12H,4-7H2,1-3H3. The molecule has 0 spiro atoms. The molecule has 2 unspecified atom stereocenters. The molecule has 14 heavy (non-hydrogen) atoms. The topological polar surface area (TPSA) is 24.5 Å². The fraction of sp³-hybridized carbons (Fsp3) is 1.00. The Hall–Kier alpha value is -0.120. The molecule has 0 radical (unpaired) electrons. The lowest BCUT2D eigenvalue weighted by Gasteiger charge is -2.47. The molecular formula is C11H22N2O. The van der Waals surface area contributed by atoms with Crippen LogP contribution < -0.4 is 5.32 Å². The zero-order chi connectivity index (χ0) is 10.1. The Bertz CT molecular complexity index is 182. The highest BCUT2D eigenvalue weighted by atomic mass is 16.5. The van der Waals surface area contributed by atoms with E-state index in [1.165, 1.54) is 13.1 Å². The van der Waals surface area contributed by atoms with Crippen molar-refractivity contribution in [3.63, 3.8) is 0 Å². The lowest BCUT2D eigenvalue weighted by Crippen LogP contribution is -2.60. The van der Waals surface area contributed by atoms with Gasteiger partial charge < -0.3 is 15.0 Å². The minimum Gasteiger partial charge on any atom is -0.381 e. The molecule has 2 aliphatic rings. The molecule has 2 atom stereocenters. The summed E-state index contributed by atoms with van der Waals surface area (Å²) in [6.07, 6.45) is 0. The van der Waals surface area contributed by atoms with Crippen LogP contribution in [0, 0.1) is 11.8 Å². The molecule has 0 aromatic carbocycles. The molecule has 3 nitrogen and oxygen atoms in total. The minimum absolute atomic E-state index is 0.589. The Balaban J connectivity index is 2.01. The molecule has 2 bridgehead atoms. The third kappa shape index (κ3) is 2.10. The number of hydrogen-bond donors (Lipinski definition) is 1. The van der Waals surface area contributed by atoms with E-state index in [4.69, 9.17) is 4.74 Å². The van der Waals surface area contributed by atoms with E-state index in [9.17, 15) is 0 Å². The van der Waals surface area contributed by atoms with Gasteiger partial charge in [-0.1, -0.05) is 13.8 Å². The molecule has 2 saturated heterocycles. The van der Waals surface area contributed by atoms with Gasteiger partial charge in [0.05, 0.1) is 13.2 Å². The smallest absolute Gasteiger partial charge is 0.0521 e. The second kappa shape index (κ2) is 4.17. The molecule has 2 rings (SSSR count). The summed E-state index contributed by atoms with van der Waals surface area (Å²) < 4.78 is 5.63. The zero-order valence-corrected chi connectivity index (χ0v) is 9.49. The summed E-state index contributed by atoms with van der Waals surface area (Å²) in [5.74, 6) is 1.38. The van der Waals surface area contributed by atoms with Crippen molar-refractivity contribution >= 4 is 0 Å². The van der Waals surface area contributed by atoms with Crippen LogP contribution in [0.2, 0.25) is 0 Å². The fourth-order valence-corrected chi connectivity index (χ4v) is 2.83. The van der Waals surface area contributed by atoms with Crippen molar-refractivity contribution in [1.82, 2.24) is 10.2 Å². The van der Waals surface area contributed by atoms with Gasteiger partial charge in [-0.25, -0.2) is 0 Å². The van der Waals surface area contributed by atoms with Gasteiger partial charge in [0.2, 0.25) is 0 Å². The van der Waals surface area contributed by atoms with Gasteiger partial charge >= 0.3 is 0 Å². The maximum atomic E-state index is 5.63. The molecule has 2 aliphatic heterocycles. The van der Waals surface area contributed by atoms with Crippen LogP contribution in [0.3, 0.4) is 0 Å². The predicted molar refractivity (Wildman–Crippen MR) is 57.4 cm³/mol. The van der Waals surface area contributed by atoms with E-state index in [0.29, 0.717) is 23.9 Å². The van der Waals surface area contributed by atoms with Crippen molar-refractivity contribution in [3.05, 3.63) is 0 Å². The zero-order valence-electron chi connectivity index (χ0n) is 9.49. The van der Waals surface area contributed by atoms with Crippen LogP contribution >= 0.6 is 0 Å². The van der Waals surface area contributed by atoms with Gasteiger partial charge in [0, 0.05) is 37.0 Å². The van der Waals surface area contributed by atoms with Crippen LogP contribution in [0.4, 0.5) is 0 Å². The highest BCUT2D eigenvalue weighted by molar-refractivity contribution is 4.93. The number of fused-ring (bicyclic) bond motifs is 2. The summed E-state index contributed by atoms with van der Waals surface area (Å²) in [5, 5.41) is 3.70. The van der Waals surface area contributed by atoms with Gasteiger partial charge in [0.15, 0.2) is 0 Å². The van der Waals surface area contributed by atoms with Crippen LogP contribution in [0.1, 0.15) is 13.8 Å². The maximum absolute atomic E-state index is 5.63.